The Kier molecular flexibility index (Phi) is 7.05. The maximum absolute atomic E-state index is 13.8. The number of para-hydroxylation sites is 1. The Hall–Kier alpha value is -4.60. The molecule has 2 amide bonds. The van der Waals surface area contributed by atoms with E-state index in [1.54, 1.807) is 31.2 Å². The average Bonchev–Trinajstić information content (AvgIpc) is 3.33. The molecular formula is C26H21F3N4O3. The van der Waals surface area contributed by atoms with Gasteiger partial charge in [-0.05, 0) is 30.7 Å². The summed E-state index contributed by atoms with van der Waals surface area (Å²) in [6.07, 6.45) is -4.07. The fourth-order valence-corrected chi connectivity index (χ4v) is 3.49. The third-order valence-electron chi connectivity index (χ3n) is 5.21. The Balaban J connectivity index is 1.43. The summed E-state index contributed by atoms with van der Waals surface area (Å²) in [5.74, 6) is -1.49. The number of hydrogen-bond donors (Lipinski definition) is 2. The van der Waals surface area contributed by atoms with E-state index < -0.39 is 35.9 Å². The van der Waals surface area contributed by atoms with E-state index in [2.05, 4.69) is 10.5 Å². The molecule has 0 fully saturated rings. The van der Waals surface area contributed by atoms with Gasteiger partial charge in [-0.25, -0.2) is 4.68 Å². The Morgan fingerprint density at radius 3 is 2.28 bits per heavy atom. The number of carbonyl (C=O) groups is 2. The zero-order valence-corrected chi connectivity index (χ0v) is 19.0. The van der Waals surface area contributed by atoms with Crippen LogP contribution in [0.4, 0.5) is 13.2 Å². The number of hydrazine groups is 1. The van der Waals surface area contributed by atoms with Gasteiger partial charge < -0.3 is 4.74 Å². The molecule has 0 spiro atoms. The van der Waals surface area contributed by atoms with E-state index >= 15 is 0 Å². The van der Waals surface area contributed by atoms with Crippen LogP contribution in [-0.4, -0.2) is 28.2 Å². The third-order valence-corrected chi connectivity index (χ3v) is 5.21. The number of carbonyl (C=O) groups excluding carboxylic acids is 2. The van der Waals surface area contributed by atoms with E-state index in [-0.39, 0.29) is 5.69 Å². The first-order valence-corrected chi connectivity index (χ1v) is 10.8. The van der Waals surface area contributed by atoms with Crippen LogP contribution in [0, 0.1) is 6.92 Å². The van der Waals surface area contributed by atoms with Gasteiger partial charge in [0.05, 0.1) is 17.4 Å². The van der Waals surface area contributed by atoms with E-state index in [9.17, 15) is 22.8 Å². The molecular weight excluding hydrogens is 473 g/mol. The van der Waals surface area contributed by atoms with Crippen molar-refractivity contribution in [1.82, 2.24) is 20.6 Å². The predicted octanol–water partition coefficient (Wildman–Crippen LogP) is 4.71. The van der Waals surface area contributed by atoms with Crippen molar-refractivity contribution in [3.63, 3.8) is 0 Å². The molecule has 36 heavy (non-hydrogen) atoms. The molecule has 0 aliphatic heterocycles. The van der Waals surface area contributed by atoms with Gasteiger partial charge in [-0.2, -0.15) is 18.3 Å². The normalized spacial score (nSPS) is 11.1. The number of rotatable bonds is 6. The monoisotopic (exact) mass is 494 g/mol. The summed E-state index contributed by atoms with van der Waals surface area (Å²) >= 11 is 0. The minimum atomic E-state index is -4.87. The summed E-state index contributed by atoms with van der Waals surface area (Å²) in [5.41, 5.74) is 4.71. The van der Waals surface area contributed by atoms with Crippen LogP contribution in [0.3, 0.4) is 0 Å². The maximum atomic E-state index is 13.8. The summed E-state index contributed by atoms with van der Waals surface area (Å²) in [7, 11) is 0. The Morgan fingerprint density at radius 1 is 0.917 bits per heavy atom. The smallest absolute Gasteiger partial charge is 0.434 e. The van der Waals surface area contributed by atoms with Crippen LogP contribution >= 0.6 is 0 Å². The molecule has 4 aromatic rings. The van der Waals surface area contributed by atoms with E-state index in [1.165, 1.54) is 12.1 Å². The topological polar surface area (TPSA) is 85.3 Å². The molecule has 0 radical (unpaired) electrons. The van der Waals surface area contributed by atoms with Crippen molar-refractivity contribution < 1.29 is 27.5 Å². The van der Waals surface area contributed by atoms with Crippen molar-refractivity contribution in [2.45, 2.75) is 13.1 Å². The lowest BCUT2D eigenvalue weighted by Gasteiger charge is -2.14. The molecule has 1 aromatic heterocycles. The van der Waals surface area contributed by atoms with Crippen LogP contribution in [0.2, 0.25) is 0 Å². The first-order valence-electron chi connectivity index (χ1n) is 10.8. The number of ether oxygens (including phenoxy) is 1. The van der Waals surface area contributed by atoms with Gasteiger partial charge in [-0.15, -0.1) is 0 Å². The van der Waals surface area contributed by atoms with Crippen LogP contribution < -0.4 is 15.6 Å². The summed E-state index contributed by atoms with van der Waals surface area (Å²) < 4.78 is 47.6. The van der Waals surface area contributed by atoms with E-state index in [4.69, 9.17) is 4.74 Å². The molecule has 1 heterocycles. The number of benzene rings is 3. The molecule has 184 valence electrons. The van der Waals surface area contributed by atoms with Crippen LogP contribution in [0.25, 0.3) is 16.8 Å². The van der Waals surface area contributed by atoms with E-state index in [1.807, 2.05) is 47.9 Å². The fraction of sp³-hybridized carbons (Fsp3) is 0.115. The predicted molar refractivity (Wildman–Crippen MR) is 126 cm³/mol. The summed E-state index contributed by atoms with van der Waals surface area (Å²) in [5, 5.41) is 3.74. The van der Waals surface area contributed by atoms with E-state index in [0.29, 0.717) is 10.4 Å². The van der Waals surface area contributed by atoms with Gasteiger partial charge in [-0.3, -0.25) is 20.4 Å². The first-order chi connectivity index (χ1) is 17.2. The first kappa shape index (κ1) is 24.5. The molecule has 10 heteroatoms. The number of amides is 2. The molecule has 0 saturated carbocycles. The molecule has 7 nitrogen and oxygen atoms in total. The van der Waals surface area contributed by atoms with Crippen molar-refractivity contribution in [3.05, 3.63) is 102 Å². The second-order valence-corrected chi connectivity index (χ2v) is 7.81. The summed E-state index contributed by atoms with van der Waals surface area (Å²) in [6.45, 7) is 1.32. The summed E-state index contributed by atoms with van der Waals surface area (Å²) in [6, 6.07) is 22.6. The molecule has 0 aliphatic carbocycles. The molecule has 3 aromatic carbocycles. The van der Waals surface area contributed by atoms with Gasteiger partial charge in [0.1, 0.15) is 5.75 Å². The van der Waals surface area contributed by atoms with E-state index in [0.717, 1.165) is 22.9 Å². The van der Waals surface area contributed by atoms with Crippen molar-refractivity contribution in [3.8, 4) is 22.6 Å². The van der Waals surface area contributed by atoms with Gasteiger partial charge in [0.25, 0.3) is 11.8 Å². The Labute approximate surface area is 204 Å². The van der Waals surface area contributed by atoms with Crippen molar-refractivity contribution in [2.75, 3.05) is 6.61 Å². The van der Waals surface area contributed by atoms with Crippen LogP contribution in [-0.2, 0) is 11.0 Å². The highest BCUT2D eigenvalue weighted by Gasteiger charge is 2.40. The van der Waals surface area contributed by atoms with Gasteiger partial charge in [0, 0.05) is 5.56 Å². The van der Waals surface area contributed by atoms with Crippen LogP contribution in [0.5, 0.6) is 5.75 Å². The van der Waals surface area contributed by atoms with Crippen molar-refractivity contribution in [2.24, 2.45) is 0 Å². The second kappa shape index (κ2) is 10.3. The number of nitrogens with one attached hydrogen (secondary N) is 2. The number of aromatic nitrogens is 2. The highest BCUT2D eigenvalue weighted by Crippen LogP contribution is 2.33. The second-order valence-electron chi connectivity index (χ2n) is 7.81. The molecule has 4 rings (SSSR count). The molecule has 0 bridgehead atoms. The molecule has 0 saturated heterocycles. The van der Waals surface area contributed by atoms with Gasteiger partial charge >= 0.3 is 6.18 Å². The number of aryl methyl sites for hydroxylation is 1. The van der Waals surface area contributed by atoms with Gasteiger partial charge in [-0.1, -0.05) is 66.2 Å². The zero-order valence-electron chi connectivity index (χ0n) is 19.0. The molecule has 0 aliphatic rings. The Bertz CT molecular complexity index is 1370. The minimum Gasteiger partial charge on any atom is -0.483 e. The SMILES string of the molecule is Cc1ccc(-n2ncc(C(=O)NNC(=O)COc3ccccc3-c3ccccc3)c2C(F)(F)F)cc1. The van der Waals surface area contributed by atoms with Crippen LogP contribution in [0.15, 0.2) is 85.1 Å². The number of halogens is 3. The number of nitrogens with zero attached hydrogens (tertiary/aromatic N) is 2. The highest BCUT2D eigenvalue weighted by molar-refractivity contribution is 5.96. The molecule has 0 atom stereocenters. The third kappa shape index (κ3) is 5.54. The lowest BCUT2D eigenvalue weighted by molar-refractivity contribution is -0.143. The minimum absolute atomic E-state index is 0.140. The lowest BCUT2D eigenvalue weighted by Crippen LogP contribution is -2.44. The average molecular weight is 494 g/mol. The molecule has 2 N–H and O–H groups in total. The fourth-order valence-electron chi connectivity index (χ4n) is 3.49. The zero-order chi connectivity index (χ0) is 25.7. The Morgan fingerprint density at radius 2 is 1.58 bits per heavy atom. The van der Waals surface area contributed by atoms with Gasteiger partial charge in [0.15, 0.2) is 12.3 Å². The largest absolute Gasteiger partial charge is 0.483 e. The maximum Gasteiger partial charge on any atom is 0.434 e. The van der Waals surface area contributed by atoms with Gasteiger partial charge in [0.2, 0.25) is 0 Å². The number of hydrogen-bond acceptors (Lipinski definition) is 4. The highest BCUT2D eigenvalue weighted by atomic mass is 19.4. The van der Waals surface area contributed by atoms with Crippen LogP contribution in [0.1, 0.15) is 21.6 Å². The standard InChI is InChI=1S/C26H21F3N4O3/c1-17-11-13-19(14-12-17)33-24(26(27,28)29)21(15-30-33)25(35)32-31-23(34)16-36-22-10-6-5-9-20(22)18-7-3-2-4-8-18/h2-15H,16H2,1H3,(H,31,34)(H,32,35). The lowest BCUT2D eigenvalue weighted by atomic mass is 10.1. The van der Waals surface area contributed by atoms with Crippen molar-refractivity contribution in [1.29, 1.82) is 0 Å². The quantitative estimate of drug-likeness (QED) is 0.381. The number of alkyl halides is 3. The van der Waals surface area contributed by atoms with Crippen molar-refractivity contribution >= 4 is 11.8 Å². The summed E-state index contributed by atoms with van der Waals surface area (Å²) in [4.78, 5) is 24.8. The molecule has 0 unspecified atom stereocenters.